The number of fused-ring (bicyclic) bond motifs is 4. The Morgan fingerprint density at radius 2 is 1.05 bits per heavy atom. The summed E-state index contributed by atoms with van der Waals surface area (Å²) in [5.74, 6) is 8.25. The van der Waals surface area contributed by atoms with Crippen molar-refractivity contribution >= 4 is 7.28 Å². The van der Waals surface area contributed by atoms with E-state index in [2.05, 4.69) is 41.5 Å². The molecule has 0 heterocycles. The molecule has 0 spiro atoms. The highest BCUT2D eigenvalue weighted by atomic mass is 14.6. The molecule has 1 heteroatoms. The summed E-state index contributed by atoms with van der Waals surface area (Å²) in [7, 11) is 1.56. The fraction of sp³-hybridized carbons (Fsp3) is 1.00. The molecule has 2 unspecified atom stereocenters. The van der Waals surface area contributed by atoms with Gasteiger partial charge in [-0.05, 0) is 59.2 Å². The van der Waals surface area contributed by atoms with E-state index in [0.717, 1.165) is 47.1 Å². The average molecular weight is 286 g/mol. The van der Waals surface area contributed by atoms with E-state index in [0.29, 0.717) is 10.8 Å². The Hall–Kier alpha value is 0.0649. The quantitative estimate of drug-likeness (QED) is 0.596. The second-order valence-corrected chi connectivity index (χ2v) is 10.7. The maximum absolute atomic E-state index is 2.59. The largest absolute Gasteiger partial charge is 0.128 e. The zero-order valence-electron chi connectivity index (χ0n) is 15.2. The van der Waals surface area contributed by atoms with Gasteiger partial charge in [0, 0.05) is 0 Å². The van der Waals surface area contributed by atoms with Crippen molar-refractivity contribution in [1.82, 2.24) is 0 Å². The SMILES string of the molecule is C[C@H]1C(BC2C[C@@H]3C[C@H]([C@H]2C)C3(C)C)C[C@@H]2C[C@H]1C2(C)C. The smallest absolute Gasteiger partial charge is 0.0626 e. The van der Waals surface area contributed by atoms with E-state index in [1.54, 1.807) is 33.0 Å². The lowest BCUT2D eigenvalue weighted by Crippen LogP contribution is -2.57. The molecule has 0 aromatic carbocycles. The monoisotopic (exact) mass is 286 g/mol. The highest BCUT2D eigenvalue weighted by molar-refractivity contribution is 6.40. The van der Waals surface area contributed by atoms with Crippen LogP contribution in [0.2, 0.25) is 11.6 Å². The van der Waals surface area contributed by atoms with E-state index >= 15 is 0 Å². The molecule has 0 N–H and O–H groups in total. The van der Waals surface area contributed by atoms with Gasteiger partial charge in [-0.3, -0.25) is 0 Å². The molecule has 0 aromatic rings. The average Bonchev–Trinajstić information content (AvgIpc) is 2.41. The molecule has 0 radical (unpaired) electrons. The Labute approximate surface area is 133 Å². The Kier molecular flexibility index (Phi) is 3.02. The zero-order chi connectivity index (χ0) is 15.2. The molecule has 8 atom stereocenters. The van der Waals surface area contributed by atoms with Crippen LogP contribution < -0.4 is 0 Å². The van der Waals surface area contributed by atoms with Crippen LogP contribution in [0.5, 0.6) is 0 Å². The van der Waals surface area contributed by atoms with Crippen LogP contribution in [0.4, 0.5) is 0 Å². The lowest BCUT2D eigenvalue weighted by Gasteiger charge is -2.65. The van der Waals surface area contributed by atoms with E-state index in [-0.39, 0.29) is 0 Å². The highest BCUT2D eigenvalue weighted by Crippen LogP contribution is 2.68. The summed E-state index contributed by atoms with van der Waals surface area (Å²) >= 11 is 0. The van der Waals surface area contributed by atoms with Gasteiger partial charge in [0.15, 0.2) is 0 Å². The summed E-state index contributed by atoms with van der Waals surface area (Å²) in [6.07, 6.45) is 6.19. The molecule has 6 fully saturated rings. The third kappa shape index (κ3) is 1.81. The van der Waals surface area contributed by atoms with E-state index in [4.69, 9.17) is 0 Å². The topological polar surface area (TPSA) is 0 Å². The second kappa shape index (κ2) is 4.32. The molecular formula is C20H35B. The molecular weight excluding hydrogens is 251 g/mol. The molecule has 6 rings (SSSR count). The molecule has 118 valence electrons. The fourth-order valence-electron chi connectivity index (χ4n) is 7.52. The predicted octanol–water partition coefficient (Wildman–Crippen LogP) is 5.40. The van der Waals surface area contributed by atoms with Crippen LogP contribution in [0, 0.1) is 46.3 Å². The summed E-state index contributed by atoms with van der Waals surface area (Å²) in [4.78, 5) is 0. The minimum Gasteiger partial charge on any atom is -0.0626 e. The minimum absolute atomic E-state index is 0.665. The van der Waals surface area contributed by atoms with Crippen molar-refractivity contribution in [1.29, 1.82) is 0 Å². The normalized spacial score (nSPS) is 56.1. The third-order valence-electron chi connectivity index (χ3n) is 9.63. The molecule has 0 amide bonds. The van der Waals surface area contributed by atoms with E-state index in [1.165, 1.54) is 0 Å². The number of rotatable bonds is 2. The Balaban J connectivity index is 1.42. The standard InChI is InChI=1S/C20H35B/c1-11-15-7-13(19(15,3)4)9-17(11)21-18-10-14-8-16(12(18)2)20(14,5)6/h11-18,21H,7-10H2,1-6H3/t11-,12-,13+,14+,15-,16-,17?,18?/m1/s1. The van der Waals surface area contributed by atoms with Crippen LogP contribution in [-0.2, 0) is 0 Å². The third-order valence-corrected chi connectivity index (χ3v) is 9.63. The first-order chi connectivity index (χ1) is 9.73. The fourth-order valence-corrected chi connectivity index (χ4v) is 7.52. The lowest BCUT2D eigenvalue weighted by molar-refractivity contribution is -0.106. The minimum atomic E-state index is 0.665. The molecule has 0 aliphatic heterocycles. The van der Waals surface area contributed by atoms with Gasteiger partial charge in [-0.15, -0.1) is 0 Å². The van der Waals surface area contributed by atoms with Gasteiger partial charge in [0.2, 0.25) is 0 Å². The molecule has 0 saturated heterocycles. The highest BCUT2D eigenvalue weighted by Gasteiger charge is 2.59. The van der Waals surface area contributed by atoms with Gasteiger partial charge in [-0.1, -0.05) is 66.0 Å². The van der Waals surface area contributed by atoms with Gasteiger partial charge >= 0.3 is 0 Å². The maximum Gasteiger partial charge on any atom is 0.128 e. The van der Waals surface area contributed by atoms with E-state index in [1.807, 2.05) is 0 Å². The first-order valence-corrected chi connectivity index (χ1v) is 9.73. The van der Waals surface area contributed by atoms with Crippen LogP contribution in [-0.4, -0.2) is 7.28 Å². The molecule has 0 nitrogen and oxygen atoms in total. The lowest BCUT2D eigenvalue weighted by atomic mass is 9.31. The van der Waals surface area contributed by atoms with Gasteiger partial charge in [-0.2, -0.15) is 0 Å². The van der Waals surface area contributed by atoms with Crippen molar-refractivity contribution in [3.63, 3.8) is 0 Å². The summed E-state index contributed by atoms with van der Waals surface area (Å²) in [5.41, 5.74) is 1.33. The van der Waals surface area contributed by atoms with Gasteiger partial charge in [0.05, 0.1) is 0 Å². The Morgan fingerprint density at radius 3 is 1.33 bits per heavy atom. The summed E-state index contributed by atoms with van der Waals surface area (Å²) in [6, 6.07) is 0. The summed E-state index contributed by atoms with van der Waals surface area (Å²) in [6.45, 7) is 15.3. The van der Waals surface area contributed by atoms with Gasteiger partial charge < -0.3 is 0 Å². The van der Waals surface area contributed by atoms with Gasteiger partial charge in [-0.25, -0.2) is 0 Å². The van der Waals surface area contributed by atoms with Crippen LogP contribution in [0.15, 0.2) is 0 Å². The summed E-state index contributed by atoms with van der Waals surface area (Å²) < 4.78 is 0. The molecule has 6 aliphatic rings. The zero-order valence-corrected chi connectivity index (χ0v) is 15.2. The predicted molar refractivity (Wildman–Crippen MR) is 93.0 cm³/mol. The van der Waals surface area contributed by atoms with Crippen molar-refractivity contribution in [2.24, 2.45) is 46.3 Å². The maximum atomic E-state index is 2.59. The van der Waals surface area contributed by atoms with Crippen LogP contribution in [0.25, 0.3) is 0 Å². The van der Waals surface area contributed by atoms with Crippen molar-refractivity contribution in [2.75, 3.05) is 0 Å². The Morgan fingerprint density at radius 1 is 0.667 bits per heavy atom. The first kappa shape index (κ1) is 14.6. The summed E-state index contributed by atoms with van der Waals surface area (Å²) in [5, 5.41) is 0. The van der Waals surface area contributed by atoms with Crippen LogP contribution in [0.1, 0.15) is 67.2 Å². The van der Waals surface area contributed by atoms with E-state index < -0.39 is 0 Å². The van der Waals surface area contributed by atoms with Gasteiger partial charge in [0.25, 0.3) is 0 Å². The number of hydrogen-bond donors (Lipinski definition) is 0. The molecule has 6 saturated carbocycles. The molecule has 0 aromatic heterocycles. The van der Waals surface area contributed by atoms with Crippen molar-refractivity contribution in [3.8, 4) is 0 Å². The Bertz CT molecular complexity index is 397. The second-order valence-electron chi connectivity index (χ2n) is 10.7. The number of hydrogen-bond acceptors (Lipinski definition) is 0. The van der Waals surface area contributed by atoms with Crippen LogP contribution >= 0.6 is 0 Å². The molecule has 21 heavy (non-hydrogen) atoms. The van der Waals surface area contributed by atoms with Crippen LogP contribution in [0.3, 0.4) is 0 Å². The van der Waals surface area contributed by atoms with Crippen molar-refractivity contribution in [2.45, 2.75) is 78.9 Å². The van der Waals surface area contributed by atoms with E-state index in [9.17, 15) is 0 Å². The van der Waals surface area contributed by atoms with Crippen molar-refractivity contribution in [3.05, 3.63) is 0 Å². The van der Waals surface area contributed by atoms with Gasteiger partial charge in [0.1, 0.15) is 7.28 Å². The van der Waals surface area contributed by atoms with Crippen molar-refractivity contribution < 1.29 is 0 Å². The molecule has 6 aliphatic carbocycles. The first-order valence-electron chi connectivity index (χ1n) is 9.73. The molecule has 4 bridgehead atoms.